The van der Waals surface area contributed by atoms with Crippen LogP contribution in [0.15, 0.2) is 42.5 Å². The molecule has 0 saturated heterocycles. The highest BCUT2D eigenvalue weighted by Gasteiger charge is 2.05. The minimum Gasteiger partial charge on any atom is -0.465 e. The van der Waals surface area contributed by atoms with Gasteiger partial charge in [0.05, 0.1) is 18.4 Å². The summed E-state index contributed by atoms with van der Waals surface area (Å²) in [5.74, 6) is -0.325. The fourth-order valence-electron chi connectivity index (χ4n) is 1.60. The highest BCUT2D eigenvalue weighted by molar-refractivity contribution is 5.89. The van der Waals surface area contributed by atoms with Crippen LogP contribution in [0.1, 0.15) is 16.1 Å². The maximum atomic E-state index is 11.3. The molecule has 0 fully saturated rings. The smallest absolute Gasteiger partial charge is 0.337 e. The number of ether oxygens (including phenoxy) is 1. The predicted molar refractivity (Wildman–Crippen MR) is 65.7 cm³/mol. The molecule has 0 spiro atoms. The molecule has 1 heterocycles. The van der Waals surface area contributed by atoms with Crippen LogP contribution in [0.3, 0.4) is 0 Å². The van der Waals surface area contributed by atoms with Crippen molar-refractivity contribution in [2.45, 2.75) is 6.92 Å². The topological polar surface area (TPSA) is 39.2 Å². The third-order valence-electron chi connectivity index (χ3n) is 2.49. The van der Waals surface area contributed by atoms with Crippen molar-refractivity contribution in [3.63, 3.8) is 0 Å². The number of hydrogen-bond donors (Lipinski definition) is 0. The highest BCUT2D eigenvalue weighted by atomic mass is 16.5. The molecule has 1 aromatic heterocycles. The number of hydrogen-bond acceptors (Lipinski definition) is 3. The fraction of sp³-hybridized carbons (Fsp3) is 0.143. The van der Waals surface area contributed by atoms with E-state index in [1.807, 2.05) is 37.3 Å². The van der Waals surface area contributed by atoms with E-state index in [0.29, 0.717) is 5.56 Å². The summed E-state index contributed by atoms with van der Waals surface area (Å²) in [6, 6.07) is 13.1. The van der Waals surface area contributed by atoms with E-state index in [9.17, 15) is 4.79 Å². The molecule has 1 aromatic carbocycles. The van der Waals surface area contributed by atoms with Crippen LogP contribution in [0.5, 0.6) is 0 Å². The molecule has 0 amide bonds. The van der Waals surface area contributed by atoms with Crippen molar-refractivity contribution in [1.29, 1.82) is 0 Å². The Bertz CT molecular complexity index is 532. The first kappa shape index (κ1) is 11.3. The number of nitrogens with zero attached hydrogens (tertiary/aromatic N) is 1. The van der Waals surface area contributed by atoms with E-state index in [2.05, 4.69) is 9.72 Å². The van der Waals surface area contributed by atoms with Crippen LogP contribution in [0, 0.1) is 6.92 Å². The average molecular weight is 227 g/mol. The summed E-state index contributed by atoms with van der Waals surface area (Å²) in [7, 11) is 1.37. The number of esters is 1. The molecule has 2 rings (SSSR count). The summed E-state index contributed by atoms with van der Waals surface area (Å²) in [5.41, 5.74) is 3.41. The van der Waals surface area contributed by atoms with Crippen LogP contribution in [0.25, 0.3) is 11.3 Å². The van der Waals surface area contributed by atoms with E-state index in [4.69, 9.17) is 0 Å². The second-order valence-corrected chi connectivity index (χ2v) is 3.73. The highest BCUT2D eigenvalue weighted by Crippen LogP contribution is 2.18. The van der Waals surface area contributed by atoms with Gasteiger partial charge in [-0.2, -0.15) is 0 Å². The Morgan fingerprint density at radius 3 is 2.41 bits per heavy atom. The zero-order valence-corrected chi connectivity index (χ0v) is 9.81. The van der Waals surface area contributed by atoms with Crippen molar-refractivity contribution in [1.82, 2.24) is 4.98 Å². The molecule has 0 saturated carbocycles. The lowest BCUT2D eigenvalue weighted by Gasteiger charge is -2.03. The van der Waals surface area contributed by atoms with Crippen molar-refractivity contribution < 1.29 is 9.53 Å². The van der Waals surface area contributed by atoms with Crippen molar-refractivity contribution in [2.24, 2.45) is 0 Å². The van der Waals surface area contributed by atoms with Gasteiger partial charge in [-0.25, -0.2) is 4.79 Å². The zero-order valence-electron chi connectivity index (χ0n) is 9.81. The molecule has 0 aliphatic carbocycles. The number of pyridine rings is 1. The van der Waals surface area contributed by atoms with E-state index < -0.39 is 0 Å². The normalized spacial score (nSPS) is 10.0. The van der Waals surface area contributed by atoms with Crippen LogP contribution < -0.4 is 0 Å². The average Bonchev–Trinajstić information content (AvgIpc) is 2.38. The molecule has 2 aromatic rings. The Hall–Kier alpha value is -2.16. The second kappa shape index (κ2) is 4.78. The summed E-state index contributed by atoms with van der Waals surface area (Å²) in [5, 5.41) is 0. The molecule has 3 nitrogen and oxygen atoms in total. The van der Waals surface area contributed by atoms with E-state index in [1.165, 1.54) is 7.11 Å². The van der Waals surface area contributed by atoms with Gasteiger partial charge in [0.15, 0.2) is 0 Å². The van der Waals surface area contributed by atoms with Crippen LogP contribution in [-0.4, -0.2) is 18.1 Å². The molecule has 86 valence electrons. The first-order chi connectivity index (χ1) is 8.20. The standard InChI is InChI=1S/C14H13NO2/c1-10-4-3-5-13(15-10)11-6-8-12(9-7-11)14(16)17-2/h3-9H,1-2H3. The van der Waals surface area contributed by atoms with Gasteiger partial charge in [0.2, 0.25) is 0 Å². The third-order valence-corrected chi connectivity index (χ3v) is 2.49. The van der Waals surface area contributed by atoms with Gasteiger partial charge < -0.3 is 4.74 Å². The molecule has 3 heteroatoms. The summed E-state index contributed by atoms with van der Waals surface area (Å²) < 4.78 is 4.65. The molecule has 0 N–H and O–H groups in total. The monoisotopic (exact) mass is 227 g/mol. The van der Waals surface area contributed by atoms with Crippen LogP contribution in [-0.2, 0) is 4.74 Å². The van der Waals surface area contributed by atoms with Crippen molar-refractivity contribution in [3.8, 4) is 11.3 Å². The number of carbonyl (C=O) groups excluding carboxylic acids is 1. The summed E-state index contributed by atoms with van der Waals surface area (Å²) in [6.45, 7) is 1.95. The maximum absolute atomic E-state index is 11.3. The van der Waals surface area contributed by atoms with Crippen LogP contribution in [0.2, 0.25) is 0 Å². The molecule has 17 heavy (non-hydrogen) atoms. The predicted octanol–water partition coefficient (Wildman–Crippen LogP) is 2.84. The Labute approximate surface area is 100 Å². The molecule has 0 aliphatic heterocycles. The number of aromatic nitrogens is 1. The Kier molecular flexibility index (Phi) is 3.19. The van der Waals surface area contributed by atoms with Crippen molar-refractivity contribution in [3.05, 3.63) is 53.7 Å². The number of benzene rings is 1. The Morgan fingerprint density at radius 1 is 1.12 bits per heavy atom. The fourth-order valence-corrected chi connectivity index (χ4v) is 1.60. The number of rotatable bonds is 2. The lowest BCUT2D eigenvalue weighted by Crippen LogP contribution is -2.00. The molecule has 0 aliphatic rings. The van der Waals surface area contributed by atoms with Gasteiger partial charge in [0.1, 0.15) is 0 Å². The largest absolute Gasteiger partial charge is 0.465 e. The van der Waals surface area contributed by atoms with Gasteiger partial charge >= 0.3 is 5.97 Å². The maximum Gasteiger partial charge on any atom is 0.337 e. The van der Waals surface area contributed by atoms with Crippen molar-refractivity contribution >= 4 is 5.97 Å². The lowest BCUT2D eigenvalue weighted by molar-refractivity contribution is 0.0601. The van der Waals surface area contributed by atoms with E-state index in [0.717, 1.165) is 17.0 Å². The van der Waals surface area contributed by atoms with Gasteiger partial charge in [-0.15, -0.1) is 0 Å². The molecule has 0 radical (unpaired) electrons. The van der Waals surface area contributed by atoms with Crippen molar-refractivity contribution in [2.75, 3.05) is 7.11 Å². The third kappa shape index (κ3) is 2.50. The van der Waals surface area contributed by atoms with E-state index in [-0.39, 0.29) is 5.97 Å². The quantitative estimate of drug-likeness (QED) is 0.740. The van der Waals surface area contributed by atoms with Gasteiger partial charge in [-0.1, -0.05) is 18.2 Å². The van der Waals surface area contributed by atoms with Gasteiger partial charge in [-0.3, -0.25) is 4.98 Å². The Balaban J connectivity index is 2.32. The summed E-state index contributed by atoms with van der Waals surface area (Å²) in [6.07, 6.45) is 0. The molecule has 0 unspecified atom stereocenters. The van der Waals surface area contributed by atoms with E-state index >= 15 is 0 Å². The summed E-state index contributed by atoms with van der Waals surface area (Å²) in [4.78, 5) is 15.7. The number of methoxy groups -OCH3 is 1. The Morgan fingerprint density at radius 2 is 1.82 bits per heavy atom. The van der Waals surface area contributed by atoms with E-state index in [1.54, 1.807) is 12.1 Å². The first-order valence-corrected chi connectivity index (χ1v) is 5.33. The van der Waals surface area contributed by atoms with Gasteiger partial charge in [0, 0.05) is 11.3 Å². The minimum atomic E-state index is -0.325. The second-order valence-electron chi connectivity index (χ2n) is 3.73. The summed E-state index contributed by atoms with van der Waals surface area (Å²) >= 11 is 0. The minimum absolute atomic E-state index is 0.325. The number of aryl methyl sites for hydroxylation is 1. The number of carbonyl (C=O) groups is 1. The SMILES string of the molecule is COC(=O)c1ccc(-c2cccc(C)n2)cc1. The first-order valence-electron chi connectivity index (χ1n) is 5.33. The zero-order chi connectivity index (χ0) is 12.3. The molecular weight excluding hydrogens is 214 g/mol. The lowest BCUT2D eigenvalue weighted by atomic mass is 10.1. The molecule has 0 bridgehead atoms. The van der Waals surface area contributed by atoms with Crippen LogP contribution >= 0.6 is 0 Å². The van der Waals surface area contributed by atoms with Crippen LogP contribution in [0.4, 0.5) is 0 Å². The van der Waals surface area contributed by atoms with Gasteiger partial charge in [0.25, 0.3) is 0 Å². The molecular formula is C14H13NO2. The van der Waals surface area contributed by atoms with Gasteiger partial charge in [-0.05, 0) is 31.2 Å². The molecule has 0 atom stereocenters.